The van der Waals surface area contributed by atoms with Crippen molar-refractivity contribution in [2.75, 3.05) is 19.8 Å². The van der Waals surface area contributed by atoms with E-state index >= 15 is 0 Å². The lowest BCUT2D eigenvalue weighted by atomic mass is 10.1. The molecule has 0 fully saturated rings. The first-order valence-electron chi connectivity index (χ1n) is 5.74. The van der Waals surface area contributed by atoms with Gasteiger partial charge in [-0.05, 0) is 25.5 Å². The predicted octanol–water partition coefficient (Wildman–Crippen LogP) is 2.05. The summed E-state index contributed by atoms with van der Waals surface area (Å²) < 4.78 is 26.3. The van der Waals surface area contributed by atoms with Crippen LogP contribution in [0.2, 0.25) is 0 Å². The van der Waals surface area contributed by atoms with Gasteiger partial charge in [0.15, 0.2) is 0 Å². The van der Waals surface area contributed by atoms with Crippen molar-refractivity contribution >= 4 is 34.1 Å². The number of nitrogens with one attached hydrogen (secondary N) is 1. The standard InChI is InChI=1S/C12H19N3O2S2/c1-10-5-6-12(11(2)9-10)13-7-8-14-18-15(3)19(4,16)17/h5-7,9,14H,8H2,1-4H3. The van der Waals surface area contributed by atoms with Crippen LogP contribution in [0.4, 0.5) is 5.69 Å². The smallest absolute Gasteiger partial charge is 0.221 e. The van der Waals surface area contributed by atoms with Crippen molar-refractivity contribution in [1.29, 1.82) is 0 Å². The first-order chi connectivity index (χ1) is 8.80. The van der Waals surface area contributed by atoms with Gasteiger partial charge in [-0.2, -0.15) is 0 Å². The van der Waals surface area contributed by atoms with E-state index in [-0.39, 0.29) is 0 Å². The summed E-state index contributed by atoms with van der Waals surface area (Å²) in [5, 5.41) is 0. The van der Waals surface area contributed by atoms with Gasteiger partial charge in [-0.1, -0.05) is 17.7 Å². The van der Waals surface area contributed by atoms with Crippen LogP contribution in [0.5, 0.6) is 0 Å². The van der Waals surface area contributed by atoms with Crippen LogP contribution in [0.3, 0.4) is 0 Å². The molecule has 5 nitrogen and oxygen atoms in total. The summed E-state index contributed by atoms with van der Waals surface area (Å²) in [5.74, 6) is 0. The number of sulfonamides is 1. The fraction of sp³-hybridized carbons (Fsp3) is 0.417. The molecule has 0 bridgehead atoms. The lowest BCUT2D eigenvalue weighted by Gasteiger charge is -2.11. The Balaban J connectivity index is 2.43. The zero-order valence-electron chi connectivity index (χ0n) is 11.5. The van der Waals surface area contributed by atoms with E-state index in [1.54, 1.807) is 6.21 Å². The number of benzene rings is 1. The van der Waals surface area contributed by atoms with E-state index in [9.17, 15) is 8.42 Å². The molecule has 1 N–H and O–H groups in total. The van der Waals surface area contributed by atoms with Crippen LogP contribution in [0.15, 0.2) is 23.2 Å². The fourth-order valence-corrected chi connectivity index (χ4v) is 2.36. The van der Waals surface area contributed by atoms with Crippen molar-refractivity contribution in [3.8, 4) is 0 Å². The van der Waals surface area contributed by atoms with Crippen molar-refractivity contribution in [2.45, 2.75) is 13.8 Å². The highest BCUT2D eigenvalue weighted by Crippen LogP contribution is 2.18. The second kappa shape index (κ2) is 7.04. The molecule has 0 amide bonds. The Bertz CT molecular complexity index is 556. The number of aryl methyl sites for hydroxylation is 2. The monoisotopic (exact) mass is 301 g/mol. The first kappa shape index (κ1) is 16.2. The molecule has 0 spiro atoms. The molecule has 0 atom stereocenters. The highest BCUT2D eigenvalue weighted by atomic mass is 32.3. The van der Waals surface area contributed by atoms with Crippen molar-refractivity contribution in [3.05, 3.63) is 29.3 Å². The number of hydrogen-bond acceptors (Lipinski definition) is 5. The van der Waals surface area contributed by atoms with Gasteiger partial charge in [-0.15, -0.1) is 3.71 Å². The zero-order valence-corrected chi connectivity index (χ0v) is 13.2. The van der Waals surface area contributed by atoms with E-state index in [1.165, 1.54) is 12.6 Å². The summed E-state index contributed by atoms with van der Waals surface area (Å²) in [7, 11) is -1.67. The zero-order chi connectivity index (χ0) is 14.5. The average Bonchev–Trinajstić information content (AvgIpc) is 2.29. The summed E-state index contributed by atoms with van der Waals surface area (Å²) in [4.78, 5) is 4.34. The van der Waals surface area contributed by atoms with E-state index < -0.39 is 10.0 Å². The van der Waals surface area contributed by atoms with Crippen LogP contribution in [0, 0.1) is 13.8 Å². The molecule has 0 aliphatic carbocycles. The fourth-order valence-electron chi connectivity index (χ4n) is 1.33. The second-order valence-electron chi connectivity index (χ2n) is 4.21. The molecule has 1 rings (SSSR count). The van der Waals surface area contributed by atoms with Gasteiger partial charge in [-0.25, -0.2) is 13.1 Å². The number of nitrogens with zero attached hydrogens (tertiary/aromatic N) is 2. The summed E-state index contributed by atoms with van der Waals surface area (Å²) >= 11 is 1.03. The normalized spacial score (nSPS) is 12.5. The van der Waals surface area contributed by atoms with Crippen LogP contribution in [-0.4, -0.2) is 38.2 Å². The van der Waals surface area contributed by atoms with Gasteiger partial charge in [0.05, 0.1) is 11.9 Å². The van der Waals surface area contributed by atoms with Gasteiger partial charge in [0, 0.05) is 31.9 Å². The molecule has 1 aromatic carbocycles. The van der Waals surface area contributed by atoms with Gasteiger partial charge < -0.3 is 0 Å². The molecule has 0 aliphatic rings. The van der Waals surface area contributed by atoms with Crippen molar-refractivity contribution < 1.29 is 8.42 Å². The van der Waals surface area contributed by atoms with Gasteiger partial charge in [-0.3, -0.25) is 4.99 Å². The molecule has 0 aliphatic heterocycles. The molecule has 0 saturated heterocycles. The van der Waals surface area contributed by atoms with E-state index in [4.69, 9.17) is 0 Å². The lowest BCUT2D eigenvalue weighted by molar-refractivity contribution is 0.570. The number of rotatable bonds is 6. The molecular weight excluding hydrogens is 282 g/mol. The van der Waals surface area contributed by atoms with Crippen LogP contribution >= 0.6 is 12.1 Å². The topological polar surface area (TPSA) is 61.8 Å². The molecule has 0 radical (unpaired) electrons. The van der Waals surface area contributed by atoms with E-state index in [0.717, 1.165) is 33.4 Å². The van der Waals surface area contributed by atoms with Gasteiger partial charge in [0.25, 0.3) is 0 Å². The molecule has 7 heteroatoms. The largest absolute Gasteiger partial charge is 0.260 e. The molecule has 19 heavy (non-hydrogen) atoms. The molecule has 0 heterocycles. The maximum atomic E-state index is 11.1. The summed E-state index contributed by atoms with van der Waals surface area (Å²) in [6.45, 7) is 4.54. The molecule has 0 unspecified atom stereocenters. The van der Waals surface area contributed by atoms with E-state index in [1.807, 2.05) is 26.0 Å². The van der Waals surface area contributed by atoms with Crippen LogP contribution in [0.25, 0.3) is 0 Å². The van der Waals surface area contributed by atoms with E-state index in [2.05, 4.69) is 15.8 Å². The minimum atomic E-state index is -3.16. The summed E-state index contributed by atoms with van der Waals surface area (Å²) in [6, 6.07) is 6.06. The third-order valence-corrected chi connectivity index (χ3v) is 4.94. The molecule has 0 saturated carbocycles. The third-order valence-electron chi connectivity index (χ3n) is 2.42. The Morgan fingerprint density at radius 1 is 1.42 bits per heavy atom. The van der Waals surface area contributed by atoms with Crippen LogP contribution in [0.1, 0.15) is 11.1 Å². The SMILES string of the molecule is Cc1ccc(N=CCNSN(C)S(C)(=O)=O)c(C)c1. The van der Waals surface area contributed by atoms with Gasteiger partial charge >= 0.3 is 0 Å². The van der Waals surface area contributed by atoms with Crippen LogP contribution < -0.4 is 4.72 Å². The Hall–Kier alpha value is -0.890. The maximum absolute atomic E-state index is 11.1. The Kier molecular flexibility index (Phi) is 5.99. The summed E-state index contributed by atoms with van der Waals surface area (Å²) in [5.41, 5.74) is 3.26. The number of hydrogen-bond donors (Lipinski definition) is 1. The minimum absolute atomic E-state index is 0.484. The van der Waals surface area contributed by atoms with Crippen molar-refractivity contribution in [3.63, 3.8) is 0 Å². The Morgan fingerprint density at radius 3 is 2.68 bits per heavy atom. The Morgan fingerprint density at radius 2 is 2.11 bits per heavy atom. The van der Waals surface area contributed by atoms with Crippen molar-refractivity contribution in [1.82, 2.24) is 8.43 Å². The Labute approximate surface area is 119 Å². The van der Waals surface area contributed by atoms with Gasteiger partial charge in [0.1, 0.15) is 0 Å². The average molecular weight is 301 g/mol. The van der Waals surface area contributed by atoms with Crippen LogP contribution in [-0.2, 0) is 10.0 Å². The first-order valence-corrected chi connectivity index (χ1v) is 8.36. The van der Waals surface area contributed by atoms with Gasteiger partial charge in [0.2, 0.25) is 10.0 Å². The van der Waals surface area contributed by atoms with E-state index in [0.29, 0.717) is 6.54 Å². The third kappa shape index (κ3) is 5.73. The molecule has 0 aromatic heterocycles. The predicted molar refractivity (Wildman–Crippen MR) is 82.3 cm³/mol. The van der Waals surface area contributed by atoms with Crippen molar-refractivity contribution in [2.24, 2.45) is 4.99 Å². The lowest BCUT2D eigenvalue weighted by Crippen LogP contribution is -2.23. The quantitative estimate of drug-likeness (QED) is 0.496. The number of aliphatic imine (C=N–C) groups is 1. The maximum Gasteiger partial charge on any atom is 0.221 e. The highest BCUT2D eigenvalue weighted by molar-refractivity contribution is 8.07. The molecule has 1 aromatic rings. The second-order valence-corrected chi connectivity index (χ2v) is 7.48. The molecular formula is C12H19N3O2S2. The minimum Gasteiger partial charge on any atom is -0.260 e. The molecule has 106 valence electrons. The highest BCUT2D eigenvalue weighted by Gasteiger charge is 2.10. The summed E-state index contributed by atoms with van der Waals surface area (Å²) in [6.07, 6.45) is 2.88.